The second kappa shape index (κ2) is 5.27. The van der Waals surface area contributed by atoms with Crippen molar-refractivity contribution in [2.24, 2.45) is 0 Å². The zero-order valence-corrected chi connectivity index (χ0v) is 9.58. The normalized spacial score (nSPS) is 24.5. The van der Waals surface area contributed by atoms with Gasteiger partial charge in [0.25, 0.3) is 0 Å². The zero-order valence-electron chi connectivity index (χ0n) is 9.58. The van der Waals surface area contributed by atoms with Crippen molar-refractivity contribution >= 4 is 11.9 Å². The smallest absolute Gasteiger partial charge is 0.329 e. The first kappa shape index (κ1) is 12.9. The number of carboxylic acids is 1. The second-order valence-corrected chi connectivity index (χ2v) is 4.06. The summed E-state index contributed by atoms with van der Waals surface area (Å²) < 4.78 is 5.14. The molecule has 0 saturated carbocycles. The topological polar surface area (TPSA) is 87.7 Å². The highest BCUT2D eigenvalue weighted by Crippen LogP contribution is 2.09. The van der Waals surface area contributed by atoms with Crippen molar-refractivity contribution in [1.82, 2.24) is 10.6 Å². The van der Waals surface area contributed by atoms with E-state index in [1.807, 2.05) is 0 Å². The fraction of sp³-hybridized carbons (Fsp3) is 0.800. The molecule has 0 aromatic rings. The van der Waals surface area contributed by atoms with Crippen LogP contribution in [0.3, 0.4) is 0 Å². The van der Waals surface area contributed by atoms with E-state index < -0.39 is 17.6 Å². The molecule has 2 unspecified atom stereocenters. The number of ether oxygens (including phenoxy) is 1. The zero-order chi connectivity index (χ0) is 12.2. The van der Waals surface area contributed by atoms with Crippen LogP contribution in [0.1, 0.15) is 20.3 Å². The highest BCUT2D eigenvalue weighted by molar-refractivity contribution is 5.89. The minimum atomic E-state index is -1.21. The third-order valence-corrected chi connectivity index (χ3v) is 2.82. The first-order valence-corrected chi connectivity index (χ1v) is 5.36. The number of carbonyl (C=O) groups is 2. The van der Waals surface area contributed by atoms with Crippen molar-refractivity contribution in [2.45, 2.75) is 31.8 Å². The van der Waals surface area contributed by atoms with Crippen LogP contribution >= 0.6 is 0 Å². The molecule has 1 heterocycles. The standard InChI is InChI=1S/C10H18N2O4/c1-3-10(2,9(14)15)12-8(13)7-6-16-5-4-11-7/h7,11H,3-6H2,1-2H3,(H,12,13)(H,14,15). The first-order valence-electron chi connectivity index (χ1n) is 5.36. The molecule has 1 rings (SSSR count). The Hall–Kier alpha value is -1.14. The van der Waals surface area contributed by atoms with Gasteiger partial charge in [0, 0.05) is 6.54 Å². The van der Waals surface area contributed by atoms with E-state index in [9.17, 15) is 9.59 Å². The third-order valence-electron chi connectivity index (χ3n) is 2.82. The number of morpholine rings is 1. The lowest BCUT2D eigenvalue weighted by Crippen LogP contribution is -2.59. The van der Waals surface area contributed by atoms with E-state index in [2.05, 4.69) is 10.6 Å². The predicted octanol–water partition coefficient (Wildman–Crippen LogP) is -0.656. The number of nitrogens with one attached hydrogen (secondary N) is 2. The molecule has 0 aliphatic carbocycles. The molecule has 0 bridgehead atoms. The molecule has 0 radical (unpaired) electrons. The minimum absolute atomic E-state index is 0.283. The van der Waals surface area contributed by atoms with Gasteiger partial charge in [-0.1, -0.05) is 6.92 Å². The quantitative estimate of drug-likeness (QED) is 0.597. The Morgan fingerprint density at radius 3 is 2.75 bits per heavy atom. The first-order chi connectivity index (χ1) is 7.49. The summed E-state index contributed by atoms with van der Waals surface area (Å²) in [6.45, 7) is 4.68. The molecule has 0 aromatic carbocycles. The number of hydrogen-bond donors (Lipinski definition) is 3. The van der Waals surface area contributed by atoms with E-state index in [-0.39, 0.29) is 12.5 Å². The Kier molecular flexibility index (Phi) is 4.26. The SMILES string of the molecule is CCC(C)(NC(=O)C1COCCN1)C(=O)O. The van der Waals surface area contributed by atoms with Crippen LogP contribution in [-0.2, 0) is 14.3 Å². The fourth-order valence-corrected chi connectivity index (χ4v) is 1.39. The summed E-state index contributed by atoms with van der Waals surface area (Å²) in [5.41, 5.74) is -1.21. The average molecular weight is 230 g/mol. The van der Waals surface area contributed by atoms with Gasteiger partial charge in [0.1, 0.15) is 11.6 Å². The predicted molar refractivity (Wildman–Crippen MR) is 57.1 cm³/mol. The number of carboxylic acid groups (broad SMARTS) is 1. The van der Waals surface area contributed by atoms with E-state index in [0.29, 0.717) is 19.6 Å². The average Bonchev–Trinajstić information content (AvgIpc) is 2.29. The van der Waals surface area contributed by atoms with Gasteiger partial charge in [0.2, 0.25) is 5.91 Å². The van der Waals surface area contributed by atoms with E-state index in [1.165, 1.54) is 6.92 Å². The molecule has 92 valence electrons. The van der Waals surface area contributed by atoms with Gasteiger partial charge in [-0.25, -0.2) is 4.79 Å². The number of aliphatic carboxylic acids is 1. The lowest BCUT2D eigenvalue weighted by Gasteiger charge is -2.29. The Labute approximate surface area is 94.3 Å². The largest absolute Gasteiger partial charge is 0.480 e. The number of rotatable bonds is 4. The highest BCUT2D eigenvalue weighted by Gasteiger charge is 2.35. The number of amides is 1. The fourth-order valence-electron chi connectivity index (χ4n) is 1.39. The Balaban J connectivity index is 2.57. The molecule has 1 aliphatic rings. The minimum Gasteiger partial charge on any atom is -0.480 e. The maximum Gasteiger partial charge on any atom is 0.329 e. The lowest BCUT2D eigenvalue weighted by atomic mass is 9.98. The molecule has 3 N–H and O–H groups in total. The van der Waals surface area contributed by atoms with Crippen LogP contribution in [0, 0.1) is 0 Å². The van der Waals surface area contributed by atoms with E-state index in [0.717, 1.165) is 0 Å². The maximum atomic E-state index is 11.8. The van der Waals surface area contributed by atoms with E-state index in [4.69, 9.17) is 9.84 Å². The van der Waals surface area contributed by atoms with Crippen LogP contribution in [0.2, 0.25) is 0 Å². The van der Waals surface area contributed by atoms with Crippen LogP contribution in [0.25, 0.3) is 0 Å². The third kappa shape index (κ3) is 2.93. The van der Waals surface area contributed by atoms with Crippen LogP contribution in [0.4, 0.5) is 0 Å². The van der Waals surface area contributed by atoms with Crippen LogP contribution in [-0.4, -0.2) is 48.3 Å². The molecular weight excluding hydrogens is 212 g/mol. The van der Waals surface area contributed by atoms with Gasteiger partial charge in [-0.3, -0.25) is 4.79 Å². The van der Waals surface area contributed by atoms with Crippen molar-refractivity contribution in [3.8, 4) is 0 Å². The molecule has 16 heavy (non-hydrogen) atoms. The van der Waals surface area contributed by atoms with Gasteiger partial charge >= 0.3 is 5.97 Å². The van der Waals surface area contributed by atoms with E-state index in [1.54, 1.807) is 6.92 Å². The maximum absolute atomic E-state index is 11.8. The Bertz CT molecular complexity index is 276. The molecule has 1 saturated heterocycles. The van der Waals surface area contributed by atoms with Gasteiger partial charge in [0.05, 0.1) is 13.2 Å². The number of carbonyl (C=O) groups excluding carboxylic acids is 1. The summed E-state index contributed by atoms with van der Waals surface area (Å²) in [6.07, 6.45) is 0.335. The highest BCUT2D eigenvalue weighted by atomic mass is 16.5. The molecule has 1 fully saturated rings. The van der Waals surface area contributed by atoms with Crippen molar-refractivity contribution in [3.05, 3.63) is 0 Å². The Morgan fingerprint density at radius 1 is 1.62 bits per heavy atom. The monoisotopic (exact) mass is 230 g/mol. The second-order valence-electron chi connectivity index (χ2n) is 4.06. The van der Waals surface area contributed by atoms with Crippen molar-refractivity contribution in [2.75, 3.05) is 19.8 Å². The number of hydrogen-bond acceptors (Lipinski definition) is 4. The molecule has 6 nitrogen and oxygen atoms in total. The van der Waals surface area contributed by atoms with Crippen LogP contribution < -0.4 is 10.6 Å². The molecule has 0 spiro atoms. The molecule has 6 heteroatoms. The van der Waals surface area contributed by atoms with Gasteiger partial charge in [-0.2, -0.15) is 0 Å². The Morgan fingerprint density at radius 2 is 2.31 bits per heavy atom. The van der Waals surface area contributed by atoms with Gasteiger partial charge in [-0.15, -0.1) is 0 Å². The van der Waals surface area contributed by atoms with Gasteiger partial charge in [0.15, 0.2) is 0 Å². The summed E-state index contributed by atoms with van der Waals surface area (Å²) in [5, 5.41) is 14.5. The summed E-state index contributed by atoms with van der Waals surface area (Å²) in [6, 6.07) is -0.459. The van der Waals surface area contributed by atoms with Crippen molar-refractivity contribution in [3.63, 3.8) is 0 Å². The molecule has 1 aliphatic heterocycles. The molecule has 0 aromatic heterocycles. The van der Waals surface area contributed by atoms with Gasteiger partial charge < -0.3 is 20.5 Å². The summed E-state index contributed by atoms with van der Waals surface area (Å²) in [5.74, 6) is -1.36. The van der Waals surface area contributed by atoms with Crippen molar-refractivity contribution in [1.29, 1.82) is 0 Å². The molecular formula is C10H18N2O4. The van der Waals surface area contributed by atoms with Crippen LogP contribution in [0.5, 0.6) is 0 Å². The summed E-state index contributed by atoms with van der Waals surface area (Å²) in [4.78, 5) is 22.8. The molecule has 2 atom stereocenters. The summed E-state index contributed by atoms with van der Waals surface area (Å²) >= 11 is 0. The lowest BCUT2D eigenvalue weighted by molar-refractivity contribution is -0.147. The van der Waals surface area contributed by atoms with E-state index >= 15 is 0 Å². The van der Waals surface area contributed by atoms with Gasteiger partial charge in [-0.05, 0) is 13.3 Å². The van der Waals surface area contributed by atoms with Crippen LogP contribution in [0.15, 0.2) is 0 Å². The van der Waals surface area contributed by atoms with Crippen molar-refractivity contribution < 1.29 is 19.4 Å². The summed E-state index contributed by atoms with van der Waals surface area (Å²) in [7, 11) is 0. The molecule has 1 amide bonds.